The predicted molar refractivity (Wildman–Crippen MR) is 163 cm³/mol. The number of hydrogen-bond acceptors (Lipinski definition) is 3. The first-order valence-electron chi connectivity index (χ1n) is 14.1. The number of aryl methyl sites for hydroxylation is 1. The van der Waals surface area contributed by atoms with Crippen LogP contribution >= 0.6 is 0 Å². The summed E-state index contributed by atoms with van der Waals surface area (Å²) in [6.07, 6.45) is 2.32. The van der Waals surface area contributed by atoms with E-state index in [2.05, 4.69) is 26.0 Å². The number of aromatic nitrogens is 2. The highest BCUT2D eigenvalue weighted by Gasteiger charge is 2.29. The molecule has 40 heavy (non-hydrogen) atoms. The summed E-state index contributed by atoms with van der Waals surface area (Å²) in [5.41, 5.74) is 5.25. The van der Waals surface area contributed by atoms with Gasteiger partial charge in [0, 0.05) is 12.1 Å². The molecular weight excluding hydrogens is 494 g/mol. The highest BCUT2D eigenvalue weighted by Crippen LogP contribution is 2.29. The van der Waals surface area contributed by atoms with Crippen LogP contribution in [0.1, 0.15) is 61.4 Å². The minimum atomic E-state index is -0.385. The van der Waals surface area contributed by atoms with Crippen molar-refractivity contribution in [3.05, 3.63) is 130 Å². The van der Waals surface area contributed by atoms with Crippen molar-refractivity contribution in [3.8, 4) is 16.8 Å². The quantitative estimate of drug-likeness (QED) is 0.197. The van der Waals surface area contributed by atoms with Crippen LogP contribution < -0.4 is 5.56 Å². The Kier molecular flexibility index (Phi) is 8.20. The van der Waals surface area contributed by atoms with Gasteiger partial charge >= 0.3 is 0 Å². The van der Waals surface area contributed by atoms with Gasteiger partial charge in [0.05, 0.1) is 22.6 Å². The van der Waals surface area contributed by atoms with Crippen molar-refractivity contribution in [3.63, 3.8) is 0 Å². The lowest BCUT2D eigenvalue weighted by Gasteiger charge is -2.32. The van der Waals surface area contributed by atoms with Crippen LogP contribution in [0.25, 0.3) is 27.7 Å². The molecule has 5 rings (SSSR count). The van der Waals surface area contributed by atoms with E-state index >= 15 is 0 Å². The number of fused-ring (bicyclic) bond motifs is 1. The number of benzene rings is 4. The number of carbonyl (C=O) groups is 1. The third kappa shape index (κ3) is 5.32. The summed E-state index contributed by atoms with van der Waals surface area (Å²) in [5.74, 6) is 0.516. The Hall–Kier alpha value is -4.51. The van der Waals surface area contributed by atoms with Crippen LogP contribution in [-0.4, -0.2) is 26.9 Å². The van der Waals surface area contributed by atoms with E-state index in [4.69, 9.17) is 4.98 Å². The first-order chi connectivity index (χ1) is 19.5. The van der Waals surface area contributed by atoms with Gasteiger partial charge in [0.2, 0.25) is 0 Å². The van der Waals surface area contributed by atoms with E-state index in [1.807, 2.05) is 103 Å². The molecule has 0 fully saturated rings. The van der Waals surface area contributed by atoms with Crippen LogP contribution in [0.4, 0.5) is 0 Å². The molecule has 4 aromatic carbocycles. The summed E-state index contributed by atoms with van der Waals surface area (Å²) in [7, 11) is 0. The lowest BCUT2D eigenvalue weighted by molar-refractivity contribution is 0.0659. The zero-order valence-electron chi connectivity index (χ0n) is 23.4. The molecule has 0 radical (unpaired) electrons. The number of amides is 1. The molecule has 0 bridgehead atoms. The molecule has 0 saturated heterocycles. The Bertz CT molecular complexity index is 1660. The lowest BCUT2D eigenvalue weighted by Crippen LogP contribution is -2.39. The van der Waals surface area contributed by atoms with Crippen molar-refractivity contribution in [1.82, 2.24) is 14.5 Å². The van der Waals surface area contributed by atoms with Crippen molar-refractivity contribution >= 4 is 16.8 Å². The molecule has 0 aliphatic heterocycles. The van der Waals surface area contributed by atoms with Crippen molar-refractivity contribution in [2.45, 2.75) is 46.1 Å². The number of para-hydroxylation sites is 1. The van der Waals surface area contributed by atoms with Gasteiger partial charge in [-0.3, -0.25) is 14.2 Å². The van der Waals surface area contributed by atoms with Crippen LogP contribution in [-0.2, 0) is 6.42 Å². The normalized spacial score (nSPS) is 11.9. The van der Waals surface area contributed by atoms with Crippen molar-refractivity contribution in [1.29, 1.82) is 0 Å². The second-order valence-corrected chi connectivity index (χ2v) is 10.0. The Morgan fingerprint density at radius 3 is 2.10 bits per heavy atom. The zero-order chi connectivity index (χ0) is 28.1. The number of rotatable bonds is 9. The summed E-state index contributed by atoms with van der Waals surface area (Å²) in [6, 6.07) is 33.0. The molecule has 0 N–H and O–H groups in total. The van der Waals surface area contributed by atoms with Crippen molar-refractivity contribution in [2.24, 2.45) is 0 Å². The number of hydrogen-bond donors (Lipinski definition) is 0. The summed E-state index contributed by atoms with van der Waals surface area (Å²) < 4.78 is 1.70. The van der Waals surface area contributed by atoms with Crippen LogP contribution in [0.2, 0.25) is 0 Å². The molecule has 1 heterocycles. The van der Waals surface area contributed by atoms with Gasteiger partial charge in [-0.25, -0.2) is 4.98 Å². The molecule has 1 atom stereocenters. The van der Waals surface area contributed by atoms with Gasteiger partial charge in [-0.1, -0.05) is 87.5 Å². The van der Waals surface area contributed by atoms with Crippen molar-refractivity contribution in [2.75, 3.05) is 6.54 Å². The van der Waals surface area contributed by atoms with E-state index in [9.17, 15) is 9.59 Å². The maximum atomic E-state index is 14.0. The molecule has 5 nitrogen and oxygen atoms in total. The highest BCUT2D eigenvalue weighted by atomic mass is 16.2. The molecule has 1 unspecified atom stereocenters. The fourth-order valence-electron chi connectivity index (χ4n) is 5.29. The Labute approximate surface area is 235 Å². The monoisotopic (exact) mass is 529 g/mol. The molecule has 5 heteroatoms. The molecule has 0 aliphatic rings. The smallest absolute Gasteiger partial charge is 0.266 e. The van der Waals surface area contributed by atoms with E-state index in [1.165, 1.54) is 5.56 Å². The fourth-order valence-corrected chi connectivity index (χ4v) is 5.29. The first kappa shape index (κ1) is 27.1. The van der Waals surface area contributed by atoms with Crippen LogP contribution in [0.3, 0.4) is 0 Å². The molecule has 5 aromatic rings. The van der Waals surface area contributed by atoms with Gasteiger partial charge in [0.25, 0.3) is 11.5 Å². The van der Waals surface area contributed by atoms with Gasteiger partial charge in [-0.05, 0) is 72.4 Å². The van der Waals surface area contributed by atoms with E-state index in [1.54, 1.807) is 4.57 Å². The average Bonchev–Trinajstić information content (AvgIpc) is 3.01. The Morgan fingerprint density at radius 1 is 0.800 bits per heavy atom. The Balaban J connectivity index is 1.61. The van der Waals surface area contributed by atoms with E-state index in [0.717, 1.165) is 29.7 Å². The SMILES string of the molecule is CCCN(C(=O)c1ccc(-c2ccccc2)cc1)C(CC)c1nc2ccccc2c(=O)n1-c1ccc(CC)cc1. The third-order valence-electron chi connectivity index (χ3n) is 7.43. The van der Waals surface area contributed by atoms with Crippen LogP contribution in [0.5, 0.6) is 0 Å². The van der Waals surface area contributed by atoms with Crippen LogP contribution in [0.15, 0.2) is 108 Å². The molecule has 1 aromatic heterocycles. The largest absolute Gasteiger partial charge is 0.328 e. The molecule has 1 amide bonds. The first-order valence-corrected chi connectivity index (χ1v) is 14.1. The second kappa shape index (κ2) is 12.1. The molecule has 0 spiro atoms. The molecule has 202 valence electrons. The average molecular weight is 530 g/mol. The summed E-state index contributed by atoms with van der Waals surface area (Å²) in [6.45, 7) is 6.77. The predicted octanol–water partition coefficient (Wildman–Crippen LogP) is 7.62. The number of carbonyl (C=O) groups excluding carboxylic acids is 1. The van der Waals surface area contributed by atoms with Crippen molar-refractivity contribution < 1.29 is 4.79 Å². The van der Waals surface area contributed by atoms with Gasteiger partial charge in [0.1, 0.15) is 5.82 Å². The summed E-state index contributed by atoms with van der Waals surface area (Å²) in [4.78, 5) is 34.9. The Morgan fingerprint density at radius 2 is 1.45 bits per heavy atom. The molecule has 0 saturated carbocycles. The van der Waals surface area contributed by atoms with Gasteiger partial charge in [-0.15, -0.1) is 0 Å². The van der Waals surface area contributed by atoms with E-state index in [0.29, 0.717) is 35.3 Å². The summed E-state index contributed by atoms with van der Waals surface area (Å²) in [5, 5.41) is 0.561. The maximum absolute atomic E-state index is 14.0. The zero-order valence-corrected chi connectivity index (χ0v) is 23.4. The third-order valence-corrected chi connectivity index (χ3v) is 7.43. The minimum Gasteiger partial charge on any atom is -0.328 e. The maximum Gasteiger partial charge on any atom is 0.266 e. The van der Waals surface area contributed by atoms with E-state index in [-0.39, 0.29) is 17.5 Å². The number of nitrogens with zero attached hydrogens (tertiary/aromatic N) is 3. The summed E-state index contributed by atoms with van der Waals surface area (Å²) >= 11 is 0. The standard InChI is InChI=1S/C35H35N3O2/c1-4-24-37(34(39)28-20-18-27(19-21-28)26-12-8-7-9-13-26)32(6-3)33-36-31-15-11-10-14-30(31)35(40)38(33)29-22-16-25(5-2)17-23-29/h7-23,32H,4-6,24H2,1-3H3. The van der Waals surface area contributed by atoms with Gasteiger partial charge in [0.15, 0.2) is 0 Å². The lowest BCUT2D eigenvalue weighted by atomic mass is 10.0. The minimum absolute atomic E-state index is 0.0661. The van der Waals surface area contributed by atoms with Gasteiger partial charge < -0.3 is 4.90 Å². The molecule has 0 aliphatic carbocycles. The highest BCUT2D eigenvalue weighted by molar-refractivity contribution is 5.95. The van der Waals surface area contributed by atoms with Gasteiger partial charge in [-0.2, -0.15) is 0 Å². The fraction of sp³-hybridized carbons (Fsp3) is 0.229. The van der Waals surface area contributed by atoms with E-state index < -0.39 is 0 Å². The van der Waals surface area contributed by atoms with Crippen LogP contribution in [0, 0.1) is 0 Å². The topological polar surface area (TPSA) is 55.2 Å². The molecular formula is C35H35N3O2. The second-order valence-electron chi connectivity index (χ2n) is 10.0.